The normalized spacial score (nSPS) is 15.2. The van der Waals surface area contributed by atoms with Gasteiger partial charge in [0, 0.05) is 17.5 Å². The first-order valence-electron chi connectivity index (χ1n) is 8.77. The summed E-state index contributed by atoms with van der Waals surface area (Å²) >= 11 is 0. The molecule has 4 rings (SSSR count). The molecule has 0 atom stereocenters. The molecule has 0 bridgehead atoms. The molecule has 0 aromatic heterocycles. The van der Waals surface area contributed by atoms with Gasteiger partial charge in [-0.25, -0.2) is 4.99 Å². The largest absolute Gasteiger partial charge is 0.306 e. The molecule has 3 aromatic rings. The summed E-state index contributed by atoms with van der Waals surface area (Å²) in [5, 5.41) is 2.20. The molecule has 25 heavy (non-hydrogen) atoms. The second-order valence-corrected chi connectivity index (χ2v) is 6.29. The van der Waals surface area contributed by atoms with Gasteiger partial charge in [-0.05, 0) is 23.9 Å². The van der Waals surface area contributed by atoms with Crippen molar-refractivity contribution in [1.29, 1.82) is 0 Å². The predicted octanol–water partition coefficient (Wildman–Crippen LogP) is 5.11. The van der Waals surface area contributed by atoms with Gasteiger partial charge in [0.05, 0.1) is 11.4 Å². The number of rotatable bonds is 4. The van der Waals surface area contributed by atoms with Crippen LogP contribution in [0.3, 0.4) is 0 Å². The van der Waals surface area contributed by atoms with Crippen molar-refractivity contribution in [3.05, 3.63) is 72.3 Å². The van der Waals surface area contributed by atoms with E-state index in [4.69, 9.17) is 4.99 Å². The van der Waals surface area contributed by atoms with E-state index in [1.807, 2.05) is 53.4 Å². The van der Waals surface area contributed by atoms with Crippen LogP contribution >= 0.6 is 0 Å². The van der Waals surface area contributed by atoms with Gasteiger partial charge in [-0.15, -0.1) is 0 Å². The van der Waals surface area contributed by atoms with Gasteiger partial charge in [0.15, 0.2) is 0 Å². The molecule has 1 aliphatic rings. The molecule has 0 fully saturated rings. The number of benzene rings is 3. The molecular formula is C22H20N2O. The first-order chi connectivity index (χ1) is 12.3. The molecule has 0 spiro atoms. The number of carbonyl (C=O) groups excluding carboxylic acids is 1. The Morgan fingerprint density at radius 3 is 2.56 bits per heavy atom. The van der Waals surface area contributed by atoms with E-state index in [0.29, 0.717) is 5.71 Å². The molecule has 0 N–H and O–H groups in total. The number of hydrogen-bond acceptors (Lipinski definition) is 2. The lowest BCUT2D eigenvalue weighted by Crippen LogP contribution is -2.30. The summed E-state index contributed by atoms with van der Waals surface area (Å²) in [6, 6.07) is 22.1. The molecule has 3 aromatic carbocycles. The van der Waals surface area contributed by atoms with Gasteiger partial charge in [0.1, 0.15) is 5.71 Å². The van der Waals surface area contributed by atoms with Crippen LogP contribution in [0, 0.1) is 0 Å². The van der Waals surface area contributed by atoms with Crippen molar-refractivity contribution < 1.29 is 4.79 Å². The zero-order chi connectivity index (χ0) is 17.2. The number of aliphatic imine (C=N–C) groups is 1. The second kappa shape index (κ2) is 6.52. The highest BCUT2D eigenvalue weighted by Gasteiger charge is 2.33. The van der Waals surface area contributed by atoms with Gasteiger partial charge in [-0.1, -0.05) is 67.9 Å². The highest BCUT2D eigenvalue weighted by atomic mass is 16.2. The van der Waals surface area contributed by atoms with Crippen LogP contribution in [0.5, 0.6) is 0 Å². The van der Waals surface area contributed by atoms with Gasteiger partial charge in [-0.3, -0.25) is 4.79 Å². The predicted molar refractivity (Wildman–Crippen MR) is 104 cm³/mol. The van der Waals surface area contributed by atoms with Gasteiger partial charge in [0.2, 0.25) is 0 Å². The quantitative estimate of drug-likeness (QED) is 0.655. The van der Waals surface area contributed by atoms with E-state index in [1.54, 1.807) is 0 Å². The minimum atomic E-state index is 0.00239. The number of fused-ring (bicyclic) bond motifs is 2. The Kier molecular flexibility index (Phi) is 4.06. The summed E-state index contributed by atoms with van der Waals surface area (Å²) in [5.74, 6) is 0.00239. The molecule has 0 saturated carbocycles. The lowest BCUT2D eigenvalue weighted by atomic mass is 10.1. The van der Waals surface area contributed by atoms with Crippen molar-refractivity contribution in [1.82, 2.24) is 0 Å². The van der Waals surface area contributed by atoms with Crippen molar-refractivity contribution >= 4 is 33.8 Å². The third-order valence-electron chi connectivity index (χ3n) is 4.63. The molecule has 1 heterocycles. The SMILES string of the molecule is CCCCN1C(=O)C(=Nc2cccc3ccccc23)c2ccccc21. The van der Waals surface area contributed by atoms with E-state index in [2.05, 4.69) is 25.1 Å². The maximum Gasteiger partial charge on any atom is 0.277 e. The third-order valence-corrected chi connectivity index (χ3v) is 4.63. The fourth-order valence-corrected chi connectivity index (χ4v) is 3.33. The number of anilines is 1. The van der Waals surface area contributed by atoms with E-state index in [9.17, 15) is 4.79 Å². The van der Waals surface area contributed by atoms with Crippen LogP contribution in [-0.4, -0.2) is 18.2 Å². The van der Waals surface area contributed by atoms with Crippen molar-refractivity contribution in [2.75, 3.05) is 11.4 Å². The first kappa shape index (κ1) is 15.6. The fourth-order valence-electron chi connectivity index (χ4n) is 3.33. The minimum Gasteiger partial charge on any atom is -0.306 e. The van der Waals surface area contributed by atoms with Crippen LogP contribution < -0.4 is 4.90 Å². The molecule has 124 valence electrons. The van der Waals surface area contributed by atoms with Crippen LogP contribution in [0.15, 0.2) is 71.7 Å². The lowest BCUT2D eigenvalue weighted by molar-refractivity contribution is -0.112. The molecule has 3 heteroatoms. The van der Waals surface area contributed by atoms with Gasteiger partial charge < -0.3 is 4.90 Å². The summed E-state index contributed by atoms with van der Waals surface area (Å²) in [6.07, 6.45) is 2.05. The van der Waals surface area contributed by atoms with Crippen LogP contribution in [0.25, 0.3) is 10.8 Å². The number of nitrogens with zero attached hydrogens (tertiary/aromatic N) is 2. The Balaban J connectivity index is 1.84. The van der Waals surface area contributed by atoms with E-state index < -0.39 is 0 Å². The van der Waals surface area contributed by atoms with Gasteiger partial charge in [-0.2, -0.15) is 0 Å². The van der Waals surface area contributed by atoms with Gasteiger partial charge >= 0.3 is 0 Å². The third kappa shape index (κ3) is 2.72. The Bertz CT molecular complexity index is 969. The Labute approximate surface area is 147 Å². The highest BCUT2D eigenvalue weighted by molar-refractivity contribution is 6.54. The van der Waals surface area contributed by atoms with Crippen molar-refractivity contribution in [2.45, 2.75) is 19.8 Å². The Morgan fingerprint density at radius 1 is 0.920 bits per heavy atom. The van der Waals surface area contributed by atoms with E-state index in [0.717, 1.165) is 47.1 Å². The summed E-state index contributed by atoms with van der Waals surface area (Å²) in [7, 11) is 0. The van der Waals surface area contributed by atoms with Gasteiger partial charge in [0.25, 0.3) is 5.91 Å². The number of para-hydroxylation sites is 1. The standard InChI is InChI=1S/C22H20N2O/c1-2-3-15-24-20-14-7-6-12-18(20)21(22(24)25)23-19-13-8-10-16-9-4-5-11-17(16)19/h4-14H,2-3,15H2,1H3. The smallest absolute Gasteiger partial charge is 0.277 e. The zero-order valence-corrected chi connectivity index (χ0v) is 14.3. The Hall–Kier alpha value is -2.94. The minimum absolute atomic E-state index is 0.00239. The molecule has 0 radical (unpaired) electrons. The van der Waals surface area contributed by atoms with Crippen LogP contribution in [-0.2, 0) is 4.79 Å². The molecule has 0 aliphatic carbocycles. The summed E-state index contributed by atoms with van der Waals surface area (Å²) in [4.78, 5) is 19.7. The molecule has 3 nitrogen and oxygen atoms in total. The lowest BCUT2D eigenvalue weighted by Gasteiger charge is -2.15. The number of hydrogen-bond donors (Lipinski definition) is 0. The monoisotopic (exact) mass is 328 g/mol. The molecular weight excluding hydrogens is 308 g/mol. The number of unbranched alkanes of at least 4 members (excludes halogenated alkanes) is 1. The summed E-state index contributed by atoms with van der Waals surface area (Å²) in [6.45, 7) is 2.87. The van der Waals surface area contributed by atoms with Crippen molar-refractivity contribution in [2.24, 2.45) is 4.99 Å². The highest BCUT2D eigenvalue weighted by Crippen LogP contribution is 2.33. The van der Waals surface area contributed by atoms with E-state index >= 15 is 0 Å². The van der Waals surface area contributed by atoms with Crippen molar-refractivity contribution in [3.8, 4) is 0 Å². The number of amides is 1. The molecule has 0 saturated heterocycles. The molecule has 1 aliphatic heterocycles. The van der Waals surface area contributed by atoms with E-state index in [1.165, 1.54) is 0 Å². The average molecular weight is 328 g/mol. The van der Waals surface area contributed by atoms with Crippen LogP contribution in [0.2, 0.25) is 0 Å². The maximum atomic E-state index is 13.0. The van der Waals surface area contributed by atoms with E-state index in [-0.39, 0.29) is 5.91 Å². The van der Waals surface area contributed by atoms with Crippen LogP contribution in [0.4, 0.5) is 11.4 Å². The fraction of sp³-hybridized carbons (Fsp3) is 0.182. The van der Waals surface area contributed by atoms with Crippen molar-refractivity contribution in [3.63, 3.8) is 0 Å². The summed E-state index contributed by atoms with van der Waals surface area (Å²) in [5.41, 5.74) is 3.29. The Morgan fingerprint density at radius 2 is 1.68 bits per heavy atom. The van der Waals surface area contributed by atoms with Crippen LogP contribution in [0.1, 0.15) is 25.3 Å². The maximum absolute atomic E-state index is 13.0. The second-order valence-electron chi connectivity index (χ2n) is 6.29. The molecule has 0 unspecified atom stereocenters. The average Bonchev–Trinajstić information content (AvgIpc) is 2.92. The number of carbonyl (C=O) groups is 1. The first-order valence-corrected chi connectivity index (χ1v) is 8.77. The topological polar surface area (TPSA) is 32.7 Å². The zero-order valence-electron chi connectivity index (χ0n) is 14.3. The summed E-state index contributed by atoms with van der Waals surface area (Å²) < 4.78 is 0. The molecule has 1 amide bonds.